The number of carbonyl (C=O) groups excluding carboxylic acids is 1. The lowest BCUT2D eigenvalue weighted by molar-refractivity contribution is -0.142. The zero-order chi connectivity index (χ0) is 15.8. The van der Waals surface area contributed by atoms with Crippen LogP contribution in [0.25, 0.3) is 0 Å². The van der Waals surface area contributed by atoms with Gasteiger partial charge in [-0.2, -0.15) is 0 Å². The Morgan fingerprint density at radius 1 is 1.33 bits per heavy atom. The van der Waals surface area contributed by atoms with Crippen LogP contribution < -0.4 is 5.32 Å². The molecule has 21 heavy (non-hydrogen) atoms. The van der Waals surface area contributed by atoms with E-state index in [1.54, 1.807) is 18.2 Å². The summed E-state index contributed by atoms with van der Waals surface area (Å²) >= 11 is 0. The third kappa shape index (κ3) is 3.57. The van der Waals surface area contributed by atoms with Gasteiger partial charge in [-0.1, -0.05) is 6.92 Å². The van der Waals surface area contributed by atoms with E-state index in [1.165, 1.54) is 0 Å². The number of esters is 1. The molecule has 0 aromatic rings. The maximum Gasteiger partial charge on any atom is 0.323 e. The molecule has 0 saturated carbocycles. The van der Waals surface area contributed by atoms with Gasteiger partial charge in [0.05, 0.1) is 5.25 Å². The van der Waals surface area contributed by atoms with Crippen molar-refractivity contribution in [3.05, 3.63) is 0 Å². The molecule has 2 heterocycles. The second kappa shape index (κ2) is 6.22. The van der Waals surface area contributed by atoms with Crippen molar-refractivity contribution in [3.8, 4) is 0 Å². The van der Waals surface area contributed by atoms with E-state index in [2.05, 4.69) is 5.32 Å². The first-order valence-electron chi connectivity index (χ1n) is 7.67. The number of carbonyl (C=O) groups is 1. The molecular formula is C14H26N2O4S. The van der Waals surface area contributed by atoms with E-state index in [0.717, 1.165) is 6.42 Å². The van der Waals surface area contributed by atoms with Gasteiger partial charge in [-0.15, -0.1) is 0 Å². The van der Waals surface area contributed by atoms with Crippen LogP contribution in [0.3, 0.4) is 0 Å². The van der Waals surface area contributed by atoms with E-state index in [0.29, 0.717) is 19.5 Å². The molecule has 6 nitrogen and oxygen atoms in total. The zero-order valence-corrected chi connectivity index (χ0v) is 14.0. The monoisotopic (exact) mass is 318 g/mol. The van der Waals surface area contributed by atoms with E-state index in [9.17, 15) is 13.2 Å². The van der Waals surface area contributed by atoms with Crippen molar-refractivity contribution in [1.29, 1.82) is 0 Å². The van der Waals surface area contributed by atoms with Crippen LogP contribution in [0.2, 0.25) is 0 Å². The average molecular weight is 318 g/mol. The first kappa shape index (κ1) is 16.7. The maximum atomic E-state index is 12.2. The summed E-state index contributed by atoms with van der Waals surface area (Å²) in [6.45, 7) is 8.36. The largest absolute Gasteiger partial charge is 0.461 e. The molecule has 7 heteroatoms. The molecule has 2 fully saturated rings. The topological polar surface area (TPSA) is 75.7 Å². The van der Waals surface area contributed by atoms with Crippen molar-refractivity contribution in [3.63, 3.8) is 0 Å². The fourth-order valence-electron chi connectivity index (χ4n) is 3.04. The van der Waals surface area contributed by atoms with Crippen LogP contribution in [-0.2, 0) is 19.6 Å². The smallest absolute Gasteiger partial charge is 0.323 e. The molecule has 122 valence electrons. The van der Waals surface area contributed by atoms with Crippen molar-refractivity contribution in [2.75, 3.05) is 13.1 Å². The van der Waals surface area contributed by atoms with Crippen LogP contribution in [-0.4, -0.2) is 55.2 Å². The number of cyclic esters (lactones) is 1. The quantitative estimate of drug-likeness (QED) is 0.773. The first-order chi connectivity index (χ1) is 9.71. The van der Waals surface area contributed by atoms with Crippen LogP contribution in [0.15, 0.2) is 0 Å². The third-order valence-electron chi connectivity index (χ3n) is 4.41. The van der Waals surface area contributed by atoms with Gasteiger partial charge in [-0.3, -0.25) is 4.79 Å². The molecule has 2 saturated heterocycles. The van der Waals surface area contributed by atoms with Gasteiger partial charge < -0.3 is 10.1 Å². The molecule has 0 amide bonds. The van der Waals surface area contributed by atoms with Gasteiger partial charge in [0.15, 0.2) is 0 Å². The minimum absolute atomic E-state index is 0.0355. The minimum Gasteiger partial charge on any atom is -0.461 e. The Morgan fingerprint density at radius 3 is 2.48 bits per heavy atom. The zero-order valence-electron chi connectivity index (χ0n) is 13.2. The molecule has 0 aromatic heterocycles. The highest BCUT2D eigenvalue weighted by atomic mass is 32.2. The van der Waals surface area contributed by atoms with E-state index in [-0.39, 0.29) is 35.3 Å². The molecule has 0 spiro atoms. The molecule has 0 aromatic carbocycles. The Balaban J connectivity index is 1.94. The van der Waals surface area contributed by atoms with Crippen molar-refractivity contribution >= 4 is 16.0 Å². The highest BCUT2D eigenvalue weighted by Gasteiger charge is 2.38. The molecule has 0 bridgehead atoms. The lowest BCUT2D eigenvalue weighted by Crippen LogP contribution is -2.54. The summed E-state index contributed by atoms with van der Waals surface area (Å²) in [6, 6.07) is -0.0906. The molecule has 0 unspecified atom stereocenters. The minimum atomic E-state index is -3.19. The first-order valence-corrected chi connectivity index (χ1v) is 9.17. The van der Waals surface area contributed by atoms with Crippen molar-refractivity contribution in [1.82, 2.24) is 9.62 Å². The van der Waals surface area contributed by atoms with Crippen molar-refractivity contribution in [2.45, 2.75) is 64.0 Å². The molecule has 1 N–H and O–H groups in total. The SMILES string of the molecule is CC(C)S(=O)(=O)N1CC[C@H](N[C@H]2C[C@@H](C)OC2=O)[C@H](C)C1. The fourth-order valence-corrected chi connectivity index (χ4v) is 4.43. The lowest BCUT2D eigenvalue weighted by atomic mass is 9.94. The number of ether oxygens (including phenoxy) is 1. The Bertz CT molecular complexity index is 491. The number of hydrogen-bond donors (Lipinski definition) is 1. The fraction of sp³-hybridized carbons (Fsp3) is 0.929. The normalized spacial score (nSPS) is 35.2. The van der Waals surface area contributed by atoms with Crippen LogP contribution in [0.5, 0.6) is 0 Å². The van der Waals surface area contributed by atoms with Crippen LogP contribution in [0, 0.1) is 5.92 Å². The number of sulfonamides is 1. The highest BCUT2D eigenvalue weighted by molar-refractivity contribution is 7.89. The summed E-state index contributed by atoms with van der Waals surface area (Å²) in [6.07, 6.45) is 1.38. The second-order valence-electron chi connectivity index (χ2n) is 6.53. The van der Waals surface area contributed by atoms with E-state index >= 15 is 0 Å². The maximum absolute atomic E-state index is 12.2. The predicted molar refractivity (Wildman–Crippen MR) is 80.3 cm³/mol. The second-order valence-corrected chi connectivity index (χ2v) is 9.02. The molecule has 2 aliphatic rings. The van der Waals surface area contributed by atoms with Crippen molar-refractivity contribution < 1.29 is 17.9 Å². The summed E-state index contributed by atoms with van der Waals surface area (Å²) in [7, 11) is -3.19. The Morgan fingerprint density at radius 2 is 2.00 bits per heavy atom. The highest BCUT2D eigenvalue weighted by Crippen LogP contribution is 2.24. The van der Waals surface area contributed by atoms with Crippen LogP contribution in [0.1, 0.15) is 40.5 Å². The van der Waals surface area contributed by atoms with Gasteiger partial charge in [-0.05, 0) is 33.1 Å². The van der Waals surface area contributed by atoms with Gasteiger partial charge in [0.25, 0.3) is 0 Å². The van der Waals surface area contributed by atoms with E-state index in [4.69, 9.17) is 4.74 Å². The number of nitrogens with zero attached hydrogens (tertiary/aromatic N) is 1. The summed E-state index contributed by atoms with van der Waals surface area (Å²) in [4.78, 5) is 11.7. The van der Waals surface area contributed by atoms with E-state index < -0.39 is 10.0 Å². The summed E-state index contributed by atoms with van der Waals surface area (Å²) in [5, 5.41) is 2.96. The summed E-state index contributed by atoms with van der Waals surface area (Å²) in [5.41, 5.74) is 0. The Labute approximate surface area is 127 Å². The van der Waals surface area contributed by atoms with Gasteiger partial charge >= 0.3 is 5.97 Å². The molecular weight excluding hydrogens is 292 g/mol. The Hall–Kier alpha value is -0.660. The molecule has 0 radical (unpaired) electrons. The summed E-state index contributed by atoms with van der Waals surface area (Å²) < 4.78 is 31.1. The van der Waals surface area contributed by atoms with Gasteiger partial charge in [0.2, 0.25) is 10.0 Å². The summed E-state index contributed by atoms with van der Waals surface area (Å²) in [5.74, 6) is -0.0112. The number of nitrogens with one attached hydrogen (secondary N) is 1. The Kier molecular flexibility index (Phi) is 4.95. The average Bonchev–Trinajstić information content (AvgIpc) is 2.70. The van der Waals surface area contributed by atoms with E-state index in [1.807, 2.05) is 13.8 Å². The van der Waals surface area contributed by atoms with Gasteiger partial charge in [0, 0.05) is 25.6 Å². The third-order valence-corrected chi connectivity index (χ3v) is 6.65. The van der Waals surface area contributed by atoms with Crippen LogP contribution in [0.4, 0.5) is 0 Å². The molecule has 2 rings (SSSR count). The van der Waals surface area contributed by atoms with Gasteiger partial charge in [0.1, 0.15) is 12.1 Å². The predicted octanol–water partition coefficient (Wildman–Crippen LogP) is 0.729. The molecule has 2 aliphatic heterocycles. The van der Waals surface area contributed by atoms with Crippen molar-refractivity contribution in [2.24, 2.45) is 5.92 Å². The molecule has 0 aliphatic carbocycles. The number of piperidine rings is 1. The number of rotatable bonds is 4. The van der Waals surface area contributed by atoms with Crippen LogP contribution >= 0.6 is 0 Å². The standard InChI is InChI=1S/C14H26N2O4S/c1-9(2)21(18,19)16-6-5-12(10(3)8-16)15-13-7-11(4)20-14(13)17/h9-13,15H,5-8H2,1-4H3/t10-,11-,12+,13+/m1/s1. The molecule has 4 atom stereocenters. The van der Waals surface area contributed by atoms with Gasteiger partial charge in [-0.25, -0.2) is 12.7 Å². The number of hydrogen-bond acceptors (Lipinski definition) is 5. The lowest BCUT2D eigenvalue weighted by Gasteiger charge is -2.38.